The Morgan fingerprint density at radius 2 is 1.83 bits per heavy atom. The first kappa shape index (κ1) is 18.8. The fourth-order valence-corrected chi connectivity index (χ4v) is 4.99. The Balaban J connectivity index is 1.45. The minimum absolute atomic E-state index is 0.00910. The van der Waals surface area contributed by atoms with Gasteiger partial charge in [-0.3, -0.25) is 14.0 Å². The summed E-state index contributed by atoms with van der Waals surface area (Å²) in [6, 6.07) is 9.97. The van der Waals surface area contributed by atoms with Gasteiger partial charge in [-0.25, -0.2) is 9.48 Å². The van der Waals surface area contributed by atoms with Crippen molar-refractivity contribution in [3.05, 3.63) is 69.2 Å². The standard InChI is InChI=1S/C22H26N6O2/c1-14-20(15(2)25(3)23-14)21(29)28-17-9-10-18(28)13-26-19(11-17)24-27(22(26)30)12-16-7-5-4-6-8-16/h4-8,17-18H,9-13H2,1-3H3/t17-,18+/m0/s1. The molecule has 0 aliphatic carbocycles. The van der Waals surface area contributed by atoms with Gasteiger partial charge in [-0.05, 0) is 32.3 Å². The minimum Gasteiger partial charge on any atom is -0.330 e. The number of fused-ring (bicyclic) bond motifs is 3. The summed E-state index contributed by atoms with van der Waals surface area (Å²) in [4.78, 5) is 28.5. The predicted molar refractivity (Wildman–Crippen MR) is 111 cm³/mol. The molecule has 2 aromatic heterocycles. The Labute approximate surface area is 174 Å². The lowest BCUT2D eigenvalue weighted by Gasteiger charge is -2.28. The van der Waals surface area contributed by atoms with Gasteiger partial charge in [-0.15, -0.1) is 0 Å². The van der Waals surface area contributed by atoms with Crippen LogP contribution in [0.15, 0.2) is 35.1 Å². The summed E-state index contributed by atoms with van der Waals surface area (Å²) in [6.45, 7) is 4.78. The fraction of sp³-hybridized carbons (Fsp3) is 0.455. The predicted octanol–water partition coefficient (Wildman–Crippen LogP) is 1.67. The molecule has 0 radical (unpaired) electrons. The molecule has 1 saturated heterocycles. The molecule has 0 spiro atoms. The first-order chi connectivity index (χ1) is 14.4. The van der Waals surface area contributed by atoms with Crippen LogP contribution in [-0.4, -0.2) is 47.0 Å². The van der Waals surface area contributed by atoms with E-state index in [0.717, 1.165) is 35.6 Å². The van der Waals surface area contributed by atoms with Gasteiger partial charge in [-0.1, -0.05) is 30.3 Å². The summed E-state index contributed by atoms with van der Waals surface area (Å²) >= 11 is 0. The summed E-state index contributed by atoms with van der Waals surface area (Å²) in [6.07, 6.45) is 2.45. The van der Waals surface area contributed by atoms with Crippen molar-refractivity contribution in [1.82, 2.24) is 29.0 Å². The zero-order chi connectivity index (χ0) is 21.0. The highest BCUT2D eigenvalue weighted by Gasteiger charge is 2.42. The summed E-state index contributed by atoms with van der Waals surface area (Å²) in [7, 11) is 1.86. The smallest absolute Gasteiger partial charge is 0.330 e. The third-order valence-corrected chi connectivity index (χ3v) is 6.56. The van der Waals surface area contributed by atoms with Gasteiger partial charge in [0.2, 0.25) is 0 Å². The number of hydrogen-bond acceptors (Lipinski definition) is 4. The van der Waals surface area contributed by atoms with Crippen LogP contribution < -0.4 is 5.69 Å². The second-order valence-corrected chi connectivity index (χ2v) is 8.42. The maximum absolute atomic E-state index is 13.5. The molecule has 3 aromatic rings. The van der Waals surface area contributed by atoms with Gasteiger partial charge in [-0.2, -0.15) is 10.2 Å². The number of carbonyl (C=O) groups is 1. The molecule has 5 rings (SSSR count). The highest BCUT2D eigenvalue weighted by atomic mass is 16.2. The van der Waals surface area contributed by atoms with Crippen molar-refractivity contribution in [3.63, 3.8) is 0 Å². The number of aromatic nitrogens is 5. The van der Waals surface area contributed by atoms with Gasteiger partial charge in [0.15, 0.2) is 0 Å². The van der Waals surface area contributed by atoms with Gasteiger partial charge in [0.1, 0.15) is 5.82 Å². The fourth-order valence-electron chi connectivity index (χ4n) is 4.99. The molecule has 4 heterocycles. The zero-order valence-electron chi connectivity index (χ0n) is 17.6. The highest BCUT2D eigenvalue weighted by Crippen LogP contribution is 2.32. The molecule has 0 unspecified atom stereocenters. The van der Waals surface area contributed by atoms with E-state index in [0.29, 0.717) is 25.1 Å². The van der Waals surface area contributed by atoms with E-state index >= 15 is 0 Å². The van der Waals surface area contributed by atoms with Crippen molar-refractivity contribution < 1.29 is 4.79 Å². The van der Waals surface area contributed by atoms with E-state index in [9.17, 15) is 9.59 Å². The number of amides is 1. The molecule has 156 valence electrons. The molecule has 0 saturated carbocycles. The van der Waals surface area contributed by atoms with Crippen LogP contribution in [0, 0.1) is 13.8 Å². The molecular weight excluding hydrogens is 380 g/mol. The van der Waals surface area contributed by atoms with Crippen molar-refractivity contribution in [2.45, 2.75) is 58.3 Å². The molecule has 1 aromatic carbocycles. The quantitative estimate of drug-likeness (QED) is 0.663. The topological polar surface area (TPSA) is 78.0 Å². The molecule has 1 fully saturated rings. The third kappa shape index (κ3) is 2.89. The minimum atomic E-state index is -0.0949. The molecule has 8 heteroatoms. The van der Waals surface area contributed by atoms with Crippen LogP contribution in [0.25, 0.3) is 0 Å². The van der Waals surface area contributed by atoms with Gasteiger partial charge in [0, 0.05) is 31.7 Å². The lowest BCUT2D eigenvalue weighted by Crippen LogP contribution is -2.43. The second kappa shape index (κ2) is 6.97. The van der Waals surface area contributed by atoms with Crippen molar-refractivity contribution in [1.29, 1.82) is 0 Å². The zero-order valence-corrected chi connectivity index (χ0v) is 17.6. The molecule has 2 bridgehead atoms. The largest absolute Gasteiger partial charge is 0.346 e. The number of hydrogen-bond donors (Lipinski definition) is 0. The van der Waals surface area contributed by atoms with Crippen molar-refractivity contribution >= 4 is 5.91 Å². The summed E-state index contributed by atoms with van der Waals surface area (Å²) in [5.74, 6) is 0.807. The van der Waals surface area contributed by atoms with E-state index in [1.807, 2.05) is 56.1 Å². The molecule has 2 aliphatic heterocycles. The van der Waals surface area contributed by atoms with Crippen molar-refractivity contribution in [2.24, 2.45) is 7.05 Å². The number of benzene rings is 1. The molecule has 2 aliphatic rings. The highest BCUT2D eigenvalue weighted by molar-refractivity contribution is 5.97. The Morgan fingerprint density at radius 3 is 2.53 bits per heavy atom. The van der Waals surface area contributed by atoms with Gasteiger partial charge in [0.05, 0.1) is 23.8 Å². The summed E-state index contributed by atoms with van der Waals surface area (Å²) in [5, 5.41) is 9.06. The van der Waals surface area contributed by atoms with E-state index < -0.39 is 0 Å². The third-order valence-electron chi connectivity index (χ3n) is 6.56. The molecule has 30 heavy (non-hydrogen) atoms. The van der Waals surface area contributed by atoms with Crippen LogP contribution in [0.3, 0.4) is 0 Å². The Hall–Kier alpha value is -3.16. The van der Waals surface area contributed by atoms with Gasteiger partial charge < -0.3 is 4.90 Å². The maximum atomic E-state index is 13.5. The molecule has 1 amide bonds. The Kier molecular flexibility index (Phi) is 4.38. The number of nitrogens with zero attached hydrogens (tertiary/aromatic N) is 6. The van der Waals surface area contributed by atoms with Crippen LogP contribution in [0.5, 0.6) is 0 Å². The second-order valence-electron chi connectivity index (χ2n) is 8.42. The Morgan fingerprint density at radius 1 is 1.10 bits per heavy atom. The lowest BCUT2D eigenvalue weighted by molar-refractivity contribution is 0.0663. The normalized spacial score (nSPS) is 20.3. The van der Waals surface area contributed by atoms with Crippen LogP contribution in [-0.2, 0) is 26.6 Å². The van der Waals surface area contributed by atoms with Crippen LogP contribution in [0.2, 0.25) is 0 Å². The van der Waals surface area contributed by atoms with Crippen LogP contribution >= 0.6 is 0 Å². The summed E-state index contributed by atoms with van der Waals surface area (Å²) in [5.41, 5.74) is 3.28. The summed E-state index contributed by atoms with van der Waals surface area (Å²) < 4.78 is 5.09. The Bertz CT molecular complexity index is 1170. The first-order valence-corrected chi connectivity index (χ1v) is 10.5. The molecule has 2 atom stereocenters. The lowest BCUT2D eigenvalue weighted by atomic mass is 10.1. The number of rotatable bonds is 3. The first-order valence-electron chi connectivity index (χ1n) is 10.5. The van der Waals surface area contributed by atoms with Crippen molar-refractivity contribution in [3.8, 4) is 0 Å². The molecule has 0 N–H and O–H groups in total. The van der Waals surface area contributed by atoms with Gasteiger partial charge in [0.25, 0.3) is 5.91 Å². The van der Waals surface area contributed by atoms with Gasteiger partial charge >= 0.3 is 5.69 Å². The van der Waals surface area contributed by atoms with Crippen LogP contribution in [0.1, 0.15) is 46.0 Å². The monoisotopic (exact) mass is 406 g/mol. The SMILES string of the molecule is Cc1nn(C)c(C)c1C(=O)N1[C@@H]2CC[C@H]1Cc1nn(Cc3ccccc3)c(=O)n1C2. The van der Waals surface area contributed by atoms with E-state index in [2.05, 4.69) is 10.2 Å². The molecular formula is C22H26N6O2. The van der Waals surface area contributed by atoms with E-state index in [4.69, 9.17) is 0 Å². The average Bonchev–Trinajstić information content (AvgIpc) is 3.27. The van der Waals surface area contributed by atoms with E-state index in [-0.39, 0.29) is 23.7 Å². The molecule has 8 nitrogen and oxygen atoms in total. The maximum Gasteiger partial charge on any atom is 0.346 e. The number of aryl methyl sites for hydroxylation is 2. The van der Waals surface area contributed by atoms with Crippen molar-refractivity contribution in [2.75, 3.05) is 0 Å². The van der Waals surface area contributed by atoms with E-state index in [1.165, 1.54) is 0 Å². The van der Waals surface area contributed by atoms with E-state index in [1.54, 1.807) is 13.9 Å². The number of carbonyl (C=O) groups excluding carboxylic acids is 1. The average molecular weight is 406 g/mol. The van der Waals surface area contributed by atoms with Crippen LogP contribution in [0.4, 0.5) is 0 Å².